The first-order valence-corrected chi connectivity index (χ1v) is 12.9. The van der Waals surface area contributed by atoms with Crippen molar-refractivity contribution in [2.75, 3.05) is 0 Å². The van der Waals surface area contributed by atoms with Crippen molar-refractivity contribution < 1.29 is 10.2 Å². The van der Waals surface area contributed by atoms with Crippen molar-refractivity contribution in [2.45, 2.75) is 110 Å². The van der Waals surface area contributed by atoms with Gasteiger partial charge in [-0.15, -0.1) is 6.58 Å². The summed E-state index contributed by atoms with van der Waals surface area (Å²) >= 11 is 0. The number of hydrogen-bond acceptors (Lipinski definition) is 2. The molecule has 0 radical (unpaired) electrons. The molecule has 170 valence electrons. The highest BCUT2D eigenvalue weighted by Crippen LogP contribution is 2.67. The molecule has 0 spiro atoms. The zero-order chi connectivity index (χ0) is 21.7. The fourth-order valence-electron chi connectivity index (χ4n) is 8.72. The van der Waals surface area contributed by atoms with Crippen LogP contribution in [0.5, 0.6) is 0 Å². The predicted octanol–water partition coefficient (Wildman–Crippen LogP) is 6.67. The van der Waals surface area contributed by atoms with Gasteiger partial charge in [0, 0.05) is 0 Å². The minimum Gasteiger partial charge on any atom is -0.393 e. The van der Waals surface area contributed by atoms with E-state index in [1.54, 1.807) is 11.6 Å². The van der Waals surface area contributed by atoms with Gasteiger partial charge in [0.15, 0.2) is 0 Å². The smallest absolute Gasteiger partial charge is 0.0822 e. The lowest BCUT2D eigenvalue weighted by molar-refractivity contribution is -0.0584. The van der Waals surface area contributed by atoms with Crippen molar-refractivity contribution in [3.05, 3.63) is 24.3 Å². The highest BCUT2D eigenvalue weighted by molar-refractivity contribution is 5.25. The molecule has 0 amide bonds. The summed E-state index contributed by atoms with van der Waals surface area (Å²) in [4.78, 5) is 0. The highest BCUT2D eigenvalue weighted by Gasteiger charge is 2.59. The third-order valence-electron chi connectivity index (χ3n) is 10.9. The van der Waals surface area contributed by atoms with Crippen LogP contribution in [0.4, 0.5) is 0 Å². The summed E-state index contributed by atoms with van der Waals surface area (Å²) in [7, 11) is 0. The van der Waals surface area contributed by atoms with E-state index in [0.717, 1.165) is 55.8 Å². The molecule has 30 heavy (non-hydrogen) atoms. The van der Waals surface area contributed by atoms with E-state index in [9.17, 15) is 10.2 Å². The summed E-state index contributed by atoms with van der Waals surface area (Å²) < 4.78 is 0. The van der Waals surface area contributed by atoms with Crippen LogP contribution in [0.15, 0.2) is 24.3 Å². The zero-order valence-corrected chi connectivity index (χ0v) is 20.0. The second kappa shape index (κ2) is 8.07. The third-order valence-corrected chi connectivity index (χ3v) is 10.9. The second-order valence-corrected chi connectivity index (χ2v) is 12.1. The molecule has 0 saturated heterocycles. The molecular weight excluding hydrogens is 368 g/mol. The topological polar surface area (TPSA) is 40.5 Å². The molecule has 5 unspecified atom stereocenters. The minimum absolute atomic E-state index is 0.108. The van der Waals surface area contributed by atoms with Crippen molar-refractivity contribution in [2.24, 2.45) is 40.4 Å². The Kier molecular flexibility index (Phi) is 6.08. The van der Waals surface area contributed by atoms with Gasteiger partial charge in [0.2, 0.25) is 0 Å². The average molecular weight is 415 g/mol. The van der Waals surface area contributed by atoms with Gasteiger partial charge in [-0.1, -0.05) is 45.4 Å². The van der Waals surface area contributed by atoms with Crippen LogP contribution < -0.4 is 0 Å². The molecule has 2 nitrogen and oxygen atoms in total. The van der Waals surface area contributed by atoms with Crippen LogP contribution in [0.3, 0.4) is 0 Å². The summed E-state index contributed by atoms with van der Waals surface area (Å²) in [6, 6.07) is 0. The lowest BCUT2D eigenvalue weighted by Crippen LogP contribution is -2.50. The monoisotopic (exact) mass is 414 g/mol. The van der Waals surface area contributed by atoms with E-state index >= 15 is 0 Å². The van der Waals surface area contributed by atoms with E-state index in [2.05, 4.69) is 40.3 Å². The normalized spacial score (nSPS) is 46.1. The van der Waals surface area contributed by atoms with Gasteiger partial charge in [-0.3, -0.25) is 0 Å². The summed E-state index contributed by atoms with van der Waals surface area (Å²) in [5.74, 6) is 3.98. The summed E-state index contributed by atoms with van der Waals surface area (Å²) in [5.41, 5.74) is 1.71. The predicted molar refractivity (Wildman–Crippen MR) is 125 cm³/mol. The molecule has 0 aromatic carbocycles. The molecule has 0 aliphatic heterocycles. The van der Waals surface area contributed by atoms with Gasteiger partial charge in [0.05, 0.1) is 11.7 Å². The van der Waals surface area contributed by atoms with Crippen LogP contribution in [0.1, 0.15) is 98.3 Å². The fourth-order valence-corrected chi connectivity index (χ4v) is 8.72. The number of aliphatic hydroxyl groups is 2. The molecule has 9 atom stereocenters. The Hall–Kier alpha value is -0.600. The Bertz CT molecular complexity index is 682. The number of hydrogen-bond donors (Lipinski definition) is 2. The van der Waals surface area contributed by atoms with E-state index in [1.165, 1.54) is 38.5 Å². The Balaban J connectivity index is 1.49. The maximum atomic E-state index is 10.7. The molecule has 0 heterocycles. The molecule has 4 aliphatic carbocycles. The molecule has 4 rings (SSSR count). The Morgan fingerprint density at radius 3 is 2.67 bits per heavy atom. The second-order valence-electron chi connectivity index (χ2n) is 12.1. The molecule has 4 aliphatic rings. The van der Waals surface area contributed by atoms with Crippen LogP contribution in [0.2, 0.25) is 0 Å². The fraction of sp³-hybridized carbons (Fsp3) is 0.857. The standard InChI is InChI=1S/C28H46O2/c1-6-28(30,7-2)17-12-19(3)23-10-11-24-22-9-8-20-18-21(29)13-15-26(20,4)25(22)14-16-27(23,24)5/h6,8,19,21-25,29-30H,1,7,9-18H2,2-5H3/t19?,21-,22?,23+,24?,25?,26-,27+,28?/m0/s1. The highest BCUT2D eigenvalue weighted by atomic mass is 16.3. The van der Waals surface area contributed by atoms with E-state index < -0.39 is 5.60 Å². The maximum Gasteiger partial charge on any atom is 0.0822 e. The van der Waals surface area contributed by atoms with Crippen molar-refractivity contribution in [1.29, 1.82) is 0 Å². The molecule has 0 bridgehead atoms. The quantitative estimate of drug-likeness (QED) is 0.476. The molecule has 0 aromatic heterocycles. The van der Waals surface area contributed by atoms with Gasteiger partial charge in [-0.25, -0.2) is 0 Å². The van der Waals surface area contributed by atoms with Gasteiger partial charge >= 0.3 is 0 Å². The minimum atomic E-state index is -0.685. The van der Waals surface area contributed by atoms with Gasteiger partial charge in [-0.05, 0) is 111 Å². The summed E-state index contributed by atoms with van der Waals surface area (Å²) in [5, 5.41) is 20.9. The van der Waals surface area contributed by atoms with Crippen LogP contribution >= 0.6 is 0 Å². The van der Waals surface area contributed by atoms with Gasteiger partial charge in [0.1, 0.15) is 0 Å². The molecule has 3 fully saturated rings. The van der Waals surface area contributed by atoms with Crippen LogP contribution in [-0.4, -0.2) is 21.9 Å². The van der Waals surface area contributed by atoms with Gasteiger partial charge in [0.25, 0.3) is 0 Å². The first-order valence-electron chi connectivity index (χ1n) is 12.9. The van der Waals surface area contributed by atoms with E-state index in [4.69, 9.17) is 0 Å². The SMILES string of the molecule is C=CC(O)(CC)CCC(C)[C@H]1CCC2C3CC=C4C[C@@H](O)CC[C@]4(C)C3CC[C@@]21C. The van der Waals surface area contributed by atoms with Crippen LogP contribution in [0.25, 0.3) is 0 Å². The van der Waals surface area contributed by atoms with Crippen molar-refractivity contribution in [1.82, 2.24) is 0 Å². The largest absolute Gasteiger partial charge is 0.393 e. The van der Waals surface area contributed by atoms with Crippen molar-refractivity contribution >= 4 is 0 Å². The van der Waals surface area contributed by atoms with E-state index in [-0.39, 0.29) is 6.10 Å². The molecular formula is C28H46O2. The lowest BCUT2D eigenvalue weighted by Gasteiger charge is -2.58. The number of allylic oxidation sites excluding steroid dienone is 1. The van der Waals surface area contributed by atoms with E-state index in [0.29, 0.717) is 16.7 Å². The zero-order valence-electron chi connectivity index (χ0n) is 20.0. The molecule has 2 N–H and O–H groups in total. The van der Waals surface area contributed by atoms with Crippen molar-refractivity contribution in [3.8, 4) is 0 Å². The Labute approximate surface area is 185 Å². The van der Waals surface area contributed by atoms with Gasteiger partial charge in [-0.2, -0.15) is 0 Å². The third kappa shape index (κ3) is 3.54. The summed E-state index contributed by atoms with van der Waals surface area (Å²) in [6.45, 7) is 13.5. The number of aliphatic hydroxyl groups excluding tert-OH is 1. The maximum absolute atomic E-state index is 10.7. The molecule has 2 heteroatoms. The van der Waals surface area contributed by atoms with E-state index in [1.807, 2.05) is 0 Å². The number of fused-ring (bicyclic) bond motifs is 5. The Morgan fingerprint density at radius 1 is 1.20 bits per heavy atom. The van der Waals surface area contributed by atoms with Crippen molar-refractivity contribution in [3.63, 3.8) is 0 Å². The van der Waals surface area contributed by atoms with Crippen LogP contribution in [0, 0.1) is 40.4 Å². The van der Waals surface area contributed by atoms with Gasteiger partial charge < -0.3 is 10.2 Å². The number of rotatable bonds is 6. The average Bonchev–Trinajstić information content (AvgIpc) is 3.09. The van der Waals surface area contributed by atoms with Crippen LogP contribution in [-0.2, 0) is 0 Å². The first kappa shape index (κ1) is 22.6. The summed E-state index contributed by atoms with van der Waals surface area (Å²) in [6.07, 6.45) is 16.8. The lowest BCUT2D eigenvalue weighted by atomic mass is 9.47. The first-order chi connectivity index (χ1) is 14.2. The molecule has 0 aromatic rings. The Morgan fingerprint density at radius 2 is 1.97 bits per heavy atom. The molecule has 3 saturated carbocycles.